The number of hydrogen-bond donors (Lipinski definition) is 0. The van der Waals surface area contributed by atoms with Crippen molar-refractivity contribution in [1.82, 2.24) is 4.57 Å². The molecule has 0 N–H and O–H groups in total. The standard InChI is InChI=1S/C24H19Br2NO/c1-27-21-12-11-18(26)13-19(21)22-20(15-5-3-2-4-6-15)14-28-24(23(22)27)16-7-9-17(25)10-8-16/h2-13,20,24H,14H2,1H3/t20-,24-/m1/s1. The summed E-state index contributed by atoms with van der Waals surface area (Å²) in [4.78, 5) is 0. The van der Waals surface area contributed by atoms with Gasteiger partial charge in [0.15, 0.2) is 0 Å². The Bertz CT molecular complexity index is 1150. The van der Waals surface area contributed by atoms with E-state index in [0.29, 0.717) is 6.61 Å². The van der Waals surface area contributed by atoms with Crippen LogP contribution in [0.5, 0.6) is 0 Å². The first-order chi connectivity index (χ1) is 13.6. The third-order valence-electron chi connectivity index (χ3n) is 5.65. The van der Waals surface area contributed by atoms with Crippen LogP contribution in [0.4, 0.5) is 0 Å². The van der Waals surface area contributed by atoms with E-state index in [2.05, 4.69) is 116 Å². The fraction of sp³-hybridized carbons (Fsp3) is 0.167. The minimum Gasteiger partial charge on any atom is -0.366 e. The lowest BCUT2D eigenvalue weighted by molar-refractivity contribution is 0.0559. The molecule has 0 amide bonds. The van der Waals surface area contributed by atoms with Gasteiger partial charge in [-0.15, -0.1) is 0 Å². The molecule has 0 bridgehead atoms. The molecule has 1 aliphatic heterocycles. The summed E-state index contributed by atoms with van der Waals surface area (Å²) in [5, 5.41) is 1.30. The van der Waals surface area contributed by atoms with Crippen molar-refractivity contribution >= 4 is 42.8 Å². The average molecular weight is 497 g/mol. The lowest BCUT2D eigenvalue weighted by Crippen LogP contribution is -2.24. The molecule has 140 valence electrons. The molecule has 0 unspecified atom stereocenters. The Morgan fingerprint density at radius 2 is 1.57 bits per heavy atom. The van der Waals surface area contributed by atoms with E-state index in [1.54, 1.807) is 0 Å². The number of halogens is 2. The van der Waals surface area contributed by atoms with E-state index in [1.165, 1.54) is 33.3 Å². The van der Waals surface area contributed by atoms with Gasteiger partial charge in [0.05, 0.1) is 12.3 Å². The Morgan fingerprint density at radius 1 is 0.857 bits per heavy atom. The maximum atomic E-state index is 6.49. The number of aromatic nitrogens is 1. The molecule has 0 saturated heterocycles. The molecule has 1 aliphatic rings. The van der Waals surface area contributed by atoms with E-state index in [4.69, 9.17) is 4.74 Å². The van der Waals surface area contributed by atoms with Crippen molar-refractivity contribution in [3.05, 3.63) is 104 Å². The zero-order valence-corrected chi connectivity index (χ0v) is 18.6. The van der Waals surface area contributed by atoms with Crippen molar-refractivity contribution in [1.29, 1.82) is 0 Å². The fourth-order valence-electron chi connectivity index (χ4n) is 4.34. The maximum Gasteiger partial charge on any atom is 0.123 e. The van der Waals surface area contributed by atoms with Gasteiger partial charge in [-0.1, -0.05) is 74.3 Å². The van der Waals surface area contributed by atoms with Crippen LogP contribution in [0.25, 0.3) is 10.9 Å². The predicted octanol–water partition coefficient (Wildman–Crippen LogP) is 6.95. The monoisotopic (exact) mass is 495 g/mol. The molecule has 4 aromatic rings. The molecule has 28 heavy (non-hydrogen) atoms. The van der Waals surface area contributed by atoms with E-state index in [1.807, 2.05) is 0 Å². The third-order valence-corrected chi connectivity index (χ3v) is 6.67. The molecule has 2 atom stereocenters. The van der Waals surface area contributed by atoms with Crippen molar-refractivity contribution in [3.63, 3.8) is 0 Å². The number of fused-ring (bicyclic) bond motifs is 3. The fourth-order valence-corrected chi connectivity index (χ4v) is 4.97. The summed E-state index contributed by atoms with van der Waals surface area (Å²) in [6.07, 6.45) is -0.0702. The minimum absolute atomic E-state index is 0.0702. The zero-order chi connectivity index (χ0) is 19.3. The highest BCUT2D eigenvalue weighted by atomic mass is 79.9. The second-order valence-electron chi connectivity index (χ2n) is 7.25. The van der Waals surface area contributed by atoms with Crippen LogP contribution in [0.15, 0.2) is 81.7 Å². The first-order valence-corrected chi connectivity index (χ1v) is 10.9. The Balaban J connectivity index is 1.77. The number of rotatable bonds is 2. The highest BCUT2D eigenvalue weighted by Gasteiger charge is 2.35. The van der Waals surface area contributed by atoms with Gasteiger partial charge in [-0.05, 0) is 47.0 Å². The normalized spacial score (nSPS) is 19.0. The molecule has 1 aromatic heterocycles. The first kappa shape index (κ1) is 18.2. The summed E-state index contributed by atoms with van der Waals surface area (Å²) >= 11 is 7.21. The Kier molecular flexibility index (Phi) is 4.66. The largest absolute Gasteiger partial charge is 0.366 e. The molecule has 3 aromatic carbocycles. The second-order valence-corrected chi connectivity index (χ2v) is 9.08. The highest BCUT2D eigenvalue weighted by Crippen LogP contribution is 2.46. The number of benzene rings is 3. The zero-order valence-electron chi connectivity index (χ0n) is 15.4. The molecule has 0 spiro atoms. The number of hydrogen-bond acceptors (Lipinski definition) is 1. The maximum absolute atomic E-state index is 6.49. The molecule has 4 heteroatoms. The molecule has 2 heterocycles. The SMILES string of the molecule is Cn1c2c(c3cc(Br)ccc31)[C@@H](c1ccccc1)CO[C@@H]2c1ccc(Br)cc1. The Morgan fingerprint density at radius 3 is 2.32 bits per heavy atom. The first-order valence-electron chi connectivity index (χ1n) is 9.33. The molecular formula is C24H19Br2NO. The van der Waals surface area contributed by atoms with Crippen LogP contribution in [-0.4, -0.2) is 11.2 Å². The quantitative estimate of drug-likeness (QED) is 0.292. The van der Waals surface area contributed by atoms with Crippen LogP contribution >= 0.6 is 31.9 Å². The summed E-state index contributed by atoms with van der Waals surface area (Å²) in [6, 6.07) is 25.7. The number of ether oxygens (including phenoxy) is 1. The predicted molar refractivity (Wildman–Crippen MR) is 121 cm³/mol. The van der Waals surface area contributed by atoms with Gasteiger partial charge < -0.3 is 9.30 Å². The van der Waals surface area contributed by atoms with Crippen LogP contribution < -0.4 is 0 Å². The van der Waals surface area contributed by atoms with Gasteiger partial charge in [0.2, 0.25) is 0 Å². The van der Waals surface area contributed by atoms with Crippen molar-refractivity contribution in [3.8, 4) is 0 Å². The van der Waals surface area contributed by atoms with E-state index in [9.17, 15) is 0 Å². The summed E-state index contributed by atoms with van der Waals surface area (Å²) in [5.74, 6) is 0.223. The molecule has 0 aliphatic carbocycles. The van der Waals surface area contributed by atoms with Crippen molar-refractivity contribution < 1.29 is 4.74 Å². The van der Waals surface area contributed by atoms with Gasteiger partial charge in [-0.25, -0.2) is 0 Å². The van der Waals surface area contributed by atoms with Crippen molar-refractivity contribution in [2.75, 3.05) is 6.61 Å². The van der Waals surface area contributed by atoms with Crippen LogP contribution in [0, 0.1) is 0 Å². The van der Waals surface area contributed by atoms with Gasteiger partial charge in [-0.3, -0.25) is 0 Å². The average Bonchev–Trinajstić information content (AvgIpc) is 3.01. The van der Waals surface area contributed by atoms with Gasteiger partial charge in [0, 0.05) is 32.8 Å². The summed E-state index contributed by atoms with van der Waals surface area (Å²) in [6.45, 7) is 0.670. The van der Waals surface area contributed by atoms with Crippen LogP contribution in [0.1, 0.15) is 34.4 Å². The summed E-state index contributed by atoms with van der Waals surface area (Å²) in [5.41, 5.74) is 6.34. The van der Waals surface area contributed by atoms with Crippen molar-refractivity contribution in [2.45, 2.75) is 12.0 Å². The lowest BCUT2D eigenvalue weighted by Gasteiger charge is -2.31. The van der Waals surface area contributed by atoms with E-state index in [0.717, 1.165) is 8.95 Å². The molecule has 5 rings (SSSR count). The van der Waals surface area contributed by atoms with Gasteiger partial charge in [-0.2, -0.15) is 0 Å². The molecule has 2 nitrogen and oxygen atoms in total. The van der Waals surface area contributed by atoms with Crippen LogP contribution in [0.2, 0.25) is 0 Å². The van der Waals surface area contributed by atoms with Gasteiger partial charge in [0.25, 0.3) is 0 Å². The minimum atomic E-state index is -0.0702. The van der Waals surface area contributed by atoms with Crippen molar-refractivity contribution in [2.24, 2.45) is 7.05 Å². The molecular weight excluding hydrogens is 478 g/mol. The summed E-state index contributed by atoms with van der Waals surface area (Å²) < 4.78 is 11.0. The second kappa shape index (κ2) is 7.18. The van der Waals surface area contributed by atoms with E-state index in [-0.39, 0.29) is 12.0 Å². The number of nitrogens with zero attached hydrogens (tertiary/aromatic N) is 1. The topological polar surface area (TPSA) is 14.2 Å². The van der Waals surface area contributed by atoms with Crippen LogP contribution in [-0.2, 0) is 11.8 Å². The summed E-state index contributed by atoms with van der Waals surface area (Å²) in [7, 11) is 2.15. The van der Waals surface area contributed by atoms with Gasteiger partial charge in [0.1, 0.15) is 6.10 Å². The van der Waals surface area contributed by atoms with E-state index >= 15 is 0 Å². The van der Waals surface area contributed by atoms with Gasteiger partial charge >= 0.3 is 0 Å². The molecule has 0 fully saturated rings. The lowest BCUT2D eigenvalue weighted by atomic mass is 9.85. The van der Waals surface area contributed by atoms with Crippen LogP contribution in [0.3, 0.4) is 0 Å². The Labute approximate surface area is 181 Å². The highest BCUT2D eigenvalue weighted by molar-refractivity contribution is 9.10. The third kappa shape index (κ3) is 2.95. The smallest absolute Gasteiger partial charge is 0.123 e. The molecule has 0 radical (unpaired) electrons. The van der Waals surface area contributed by atoms with E-state index < -0.39 is 0 Å². The molecule has 0 saturated carbocycles. The number of aryl methyl sites for hydroxylation is 1. The Hall–Kier alpha value is -1.88.